The maximum absolute atomic E-state index is 13.0. The second-order valence-corrected chi connectivity index (χ2v) is 9.78. The van der Waals surface area contributed by atoms with E-state index < -0.39 is 5.91 Å². The summed E-state index contributed by atoms with van der Waals surface area (Å²) < 4.78 is 6.23. The number of carbonyl (C=O) groups is 3. The van der Waals surface area contributed by atoms with Crippen molar-refractivity contribution in [1.82, 2.24) is 15.6 Å². The van der Waals surface area contributed by atoms with Crippen LogP contribution in [0.3, 0.4) is 0 Å². The van der Waals surface area contributed by atoms with Gasteiger partial charge in [-0.05, 0) is 79.4 Å². The predicted molar refractivity (Wildman–Crippen MR) is 169 cm³/mol. The number of hydrogen-bond donors (Lipinski definition) is 2. The van der Waals surface area contributed by atoms with Crippen molar-refractivity contribution in [2.45, 2.75) is 27.4 Å². The van der Waals surface area contributed by atoms with E-state index in [0.29, 0.717) is 17.9 Å². The standard InChI is InChI=1S/C33H34N4O4.ClH/c1-21-9-17-28(23(3)27(21)20-41-29-8-6-7-25-14-10-22(2)36-32(25)29)37(5)31(39)19-35-30(38)18-13-24-11-15-26(16-12-24)33(40)34-4;/h6-18H,19-20H2,1-5H3,(H,34,40)(H,35,38);1H/b18-13+;. The van der Waals surface area contributed by atoms with Crippen LogP contribution in [0.5, 0.6) is 5.75 Å². The number of rotatable bonds is 9. The van der Waals surface area contributed by atoms with Gasteiger partial charge in [0, 0.05) is 42.5 Å². The minimum atomic E-state index is -0.393. The molecule has 42 heavy (non-hydrogen) atoms. The Hall–Kier alpha value is -4.69. The Morgan fingerprint density at radius 1 is 0.952 bits per heavy atom. The van der Waals surface area contributed by atoms with Crippen LogP contribution in [0, 0.1) is 20.8 Å². The lowest BCUT2D eigenvalue weighted by Crippen LogP contribution is -2.38. The van der Waals surface area contributed by atoms with E-state index in [1.165, 1.54) is 6.08 Å². The third-order valence-electron chi connectivity index (χ3n) is 6.97. The predicted octanol–water partition coefficient (Wildman–Crippen LogP) is 5.31. The number of likely N-dealkylation sites (N-methyl/N-ethyl adjacent to an activating group) is 1. The van der Waals surface area contributed by atoms with Crippen molar-refractivity contribution in [3.8, 4) is 5.75 Å². The molecule has 0 aliphatic rings. The number of halogens is 1. The first-order valence-electron chi connectivity index (χ1n) is 13.3. The molecular weight excluding hydrogens is 552 g/mol. The first-order chi connectivity index (χ1) is 19.7. The van der Waals surface area contributed by atoms with Crippen LogP contribution in [0.1, 0.15) is 38.3 Å². The molecule has 8 nitrogen and oxygen atoms in total. The quantitative estimate of drug-likeness (QED) is 0.259. The van der Waals surface area contributed by atoms with E-state index in [4.69, 9.17) is 4.74 Å². The SMILES string of the molecule is CNC(=O)c1ccc(/C=C/C(=O)NCC(=O)N(C)c2ccc(C)c(COc3cccc4ccc(C)nc34)c2C)cc1.Cl. The Morgan fingerprint density at radius 2 is 1.69 bits per heavy atom. The highest BCUT2D eigenvalue weighted by molar-refractivity contribution is 5.99. The summed E-state index contributed by atoms with van der Waals surface area (Å²) in [5, 5.41) is 6.22. The number of nitrogens with zero attached hydrogens (tertiary/aromatic N) is 2. The van der Waals surface area contributed by atoms with E-state index in [1.807, 2.05) is 63.2 Å². The van der Waals surface area contributed by atoms with Crippen LogP contribution in [0.2, 0.25) is 0 Å². The smallest absolute Gasteiger partial charge is 0.251 e. The molecule has 218 valence electrons. The van der Waals surface area contributed by atoms with Crippen molar-refractivity contribution in [2.75, 3.05) is 25.5 Å². The molecule has 4 aromatic rings. The summed E-state index contributed by atoms with van der Waals surface area (Å²) in [5.41, 5.74) is 6.74. The molecule has 3 aromatic carbocycles. The Morgan fingerprint density at radius 3 is 2.40 bits per heavy atom. The number of aromatic nitrogens is 1. The van der Waals surface area contributed by atoms with Gasteiger partial charge in [-0.2, -0.15) is 0 Å². The molecule has 1 aromatic heterocycles. The molecule has 0 radical (unpaired) electrons. The number of fused-ring (bicyclic) bond motifs is 1. The number of aryl methyl sites for hydroxylation is 2. The van der Waals surface area contributed by atoms with Gasteiger partial charge in [0.25, 0.3) is 5.91 Å². The molecule has 3 amide bonds. The van der Waals surface area contributed by atoms with E-state index in [1.54, 1.807) is 49.3 Å². The number of benzene rings is 3. The number of hydrogen-bond acceptors (Lipinski definition) is 5. The molecule has 0 spiro atoms. The van der Waals surface area contributed by atoms with Gasteiger partial charge in [-0.3, -0.25) is 14.4 Å². The molecule has 0 fully saturated rings. The molecule has 4 rings (SSSR count). The maximum Gasteiger partial charge on any atom is 0.251 e. The number of nitrogens with one attached hydrogen (secondary N) is 2. The summed E-state index contributed by atoms with van der Waals surface area (Å²) in [5.74, 6) is -0.121. The molecule has 0 unspecified atom stereocenters. The van der Waals surface area contributed by atoms with Crippen molar-refractivity contribution in [3.05, 3.63) is 106 Å². The van der Waals surface area contributed by atoms with Crippen molar-refractivity contribution in [3.63, 3.8) is 0 Å². The lowest BCUT2D eigenvalue weighted by Gasteiger charge is -2.23. The summed E-state index contributed by atoms with van der Waals surface area (Å²) >= 11 is 0. The van der Waals surface area contributed by atoms with Crippen molar-refractivity contribution in [2.24, 2.45) is 0 Å². The molecule has 0 bridgehead atoms. The van der Waals surface area contributed by atoms with E-state index in [0.717, 1.165) is 44.5 Å². The fourth-order valence-electron chi connectivity index (χ4n) is 4.49. The lowest BCUT2D eigenvalue weighted by molar-refractivity contribution is -0.122. The first kappa shape index (κ1) is 31.8. The number of amides is 3. The van der Waals surface area contributed by atoms with E-state index in [9.17, 15) is 14.4 Å². The van der Waals surface area contributed by atoms with Crippen LogP contribution in [0.4, 0.5) is 5.69 Å². The summed E-state index contributed by atoms with van der Waals surface area (Å²) in [6.45, 7) is 6.10. The third-order valence-corrected chi connectivity index (χ3v) is 6.97. The Balaban J connectivity index is 0.00000484. The summed E-state index contributed by atoms with van der Waals surface area (Å²) in [7, 11) is 3.26. The zero-order chi connectivity index (χ0) is 29.5. The number of ether oxygens (including phenoxy) is 1. The monoisotopic (exact) mass is 586 g/mol. The van der Waals surface area contributed by atoms with Gasteiger partial charge in [0.05, 0.1) is 6.54 Å². The number of anilines is 1. The fourth-order valence-corrected chi connectivity index (χ4v) is 4.49. The minimum Gasteiger partial charge on any atom is -0.487 e. The van der Waals surface area contributed by atoms with Gasteiger partial charge in [0.2, 0.25) is 11.8 Å². The van der Waals surface area contributed by atoms with Crippen LogP contribution in [-0.2, 0) is 16.2 Å². The maximum atomic E-state index is 13.0. The Bertz CT molecular complexity index is 1630. The second kappa shape index (κ2) is 14.3. The number of pyridine rings is 1. The molecular formula is C33H35ClN4O4. The highest BCUT2D eigenvalue weighted by Gasteiger charge is 2.17. The molecule has 0 aliphatic carbocycles. The Labute approximate surface area is 252 Å². The van der Waals surface area contributed by atoms with Crippen molar-refractivity contribution >= 4 is 52.8 Å². The van der Waals surface area contributed by atoms with Crippen LogP contribution in [0.15, 0.2) is 72.8 Å². The molecule has 9 heteroatoms. The zero-order valence-electron chi connectivity index (χ0n) is 24.4. The highest BCUT2D eigenvalue weighted by Crippen LogP contribution is 2.29. The Kier molecular flexibility index (Phi) is 10.8. The molecule has 1 heterocycles. The number of carbonyl (C=O) groups excluding carboxylic acids is 3. The molecule has 0 saturated carbocycles. The average molecular weight is 587 g/mol. The van der Waals surface area contributed by atoms with Gasteiger partial charge in [-0.15, -0.1) is 12.4 Å². The van der Waals surface area contributed by atoms with Gasteiger partial charge in [0.1, 0.15) is 17.9 Å². The molecule has 0 aliphatic heterocycles. The number of para-hydroxylation sites is 1. The van der Waals surface area contributed by atoms with E-state index in [2.05, 4.69) is 15.6 Å². The van der Waals surface area contributed by atoms with Crippen LogP contribution >= 0.6 is 12.4 Å². The normalized spacial score (nSPS) is 10.7. The molecule has 0 atom stereocenters. The summed E-state index contributed by atoms with van der Waals surface area (Å²) in [6, 6.07) is 20.6. The van der Waals surface area contributed by atoms with Crippen molar-refractivity contribution in [1.29, 1.82) is 0 Å². The fraction of sp³-hybridized carbons (Fsp3) is 0.212. The molecule has 2 N–H and O–H groups in total. The minimum absolute atomic E-state index is 0. The average Bonchev–Trinajstić information content (AvgIpc) is 2.98. The van der Waals surface area contributed by atoms with Gasteiger partial charge in [-0.1, -0.05) is 36.4 Å². The molecule has 0 saturated heterocycles. The van der Waals surface area contributed by atoms with Gasteiger partial charge in [-0.25, -0.2) is 4.98 Å². The van der Waals surface area contributed by atoms with Gasteiger partial charge >= 0.3 is 0 Å². The van der Waals surface area contributed by atoms with Crippen LogP contribution in [0.25, 0.3) is 17.0 Å². The largest absolute Gasteiger partial charge is 0.487 e. The van der Waals surface area contributed by atoms with Crippen LogP contribution in [-0.4, -0.2) is 43.3 Å². The van der Waals surface area contributed by atoms with Gasteiger partial charge in [0.15, 0.2) is 0 Å². The zero-order valence-corrected chi connectivity index (χ0v) is 25.2. The van der Waals surface area contributed by atoms with Crippen LogP contribution < -0.4 is 20.3 Å². The highest BCUT2D eigenvalue weighted by atomic mass is 35.5. The summed E-state index contributed by atoms with van der Waals surface area (Å²) in [6.07, 6.45) is 2.98. The van der Waals surface area contributed by atoms with E-state index >= 15 is 0 Å². The summed E-state index contributed by atoms with van der Waals surface area (Å²) in [4.78, 5) is 43.2. The van der Waals surface area contributed by atoms with Gasteiger partial charge < -0.3 is 20.3 Å². The van der Waals surface area contributed by atoms with Crippen molar-refractivity contribution < 1.29 is 19.1 Å². The van der Waals surface area contributed by atoms with E-state index in [-0.39, 0.29) is 30.8 Å². The first-order valence-corrected chi connectivity index (χ1v) is 13.3. The lowest BCUT2D eigenvalue weighted by atomic mass is 10.0. The third kappa shape index (κ3) is 7.53. The second-order valence-electron chi connectivity index (χ2n) is 9.78. The topological polar surface area (TPSA) is 101 Å².